The van der Waals surface area contributed by atoms with E-state index in [0.29, 0.717) is 0 Å². The van der Waals surface area contributed by atoms with E-state index in [-0.39, 0.29) is 0 Å². The summed E-state index contributed by atoms with van der Waals surface area (Å²) in [5.74, 6) is 0. The van der Waals surface area contributed by atoms with Gasteiger partial charge in [-0.05, 0) is 44.2 Å². The molecule has 4 heteroatoms. The first kappa shape index (κ1) is 13.7. The highest BCUT2D eigenvalue weighted by atomic mass is 32.2. The Labute approximate surface area is 94.8 Å². The van der Waals surface area contributed by atoms with E-state index in [9.17, 15) is 0 Å². The van der Waals surface area contributed by atoms with Gasteiger partial charge in [-0.1, -0.05) is 0 Å². The number of rotatable bonds is 2. The largest absolute Gasteiger partial charge is 0.398 e. The first-order chi connectivity index (χ1) is 6.69. The van der Waals surface area contributed by atoms with Crippen LogP contribution in [0.15, 0.2) is 21.9 Å². The van der Waals surface area contributed by atoms with Gasteiger partial charge in [0.2, 0.25) is 0 Å². The Morgan fingerprint density at radius 1 is 1.07 bits per heavy atom. The maximum absolute atomic E-state index is 5.89. The van der Waals surface area contributed by atoms with Crippen LogP contribution in [-0.4, -0.2) is 19.6 Å². The van der Waals surface area contributed by atoms with Gasteiger partial charge in [0, 0.05) is 15.5 Å². The molecule has 2 nitrogen and oxygen atoms in total. The van der Waals surface area contributed by atoms with Gasteiger partial charge >= 0.3 is 0 Å². The van der Waals surface area contributed by atoms with Crippen LogP contribution < -0.4 is 11.5 Å². The fourth-order valence-corrected chi connectivity index (χ4v) is 2.25. The maximum atomic E-state index is 5.89. The lowest BCUT2D eigenvalue weighted by Gasteiger charge is -2.07. The fourth-order valence-electron chi connectivity index (χ4n) is 1.02. The number of aryl methyl sites for hydroxylation is 1. The van der Waals surface area contributed by atoms with E-state index in [1.165, 1.54) is 22.4 Å². The number of hydrogen-bond acceptors (Lipinski definition) is 4. The van der Waals surface area contributed by atoms with E-state index in [0.717, 1.165) is 5.69 Å². The SMILES string of the molecule is CN.CSc1cc(C)c(N)c(SC)c1. The Balaban J connectivity index is 0.000000791. The molecule has 0 saturated carbocycles. The lowest BCUT2D eigenvalue weighted by atomic mass is 10.2. The summed E-state index contributed by atoms with van der Waals surface area (Å²) in [6, 6.07) is 4.26. The summed E-state index contributed by atoms with van der Waals surface area (Å²) in [6.45, 7) is 2.05. The first-order valence-electron chi connectivity index (χ1n) is 4.25. The highest BCUT2D eigenvalue weighted by molar-refractivity contribution is 7.99. The zero-order chi connectivity index (χ0) is 11.1. The molecule has 1 aromatic rings. The predicted molar refractivity (Wildman–Crippen MR) is 69.3 cm³/mol. The van der Waals surface area contributed by atoms with Gasteiger partial charge in [0.15, 0.2) is 0 Å². The average Bonchev–Trinajstić information content (AvgIpc) is 2.24. The molecular weight excluding hydrogens is 212 g/mol. The van der Waals surface area contributed by atoms with Crippen LogP contribution in [0.5, 0.6) is 0 Å². The molecule has 0 spiro atoms. The Hall–Kier alpha value is -0.320. The molecule has 0 radical (unpaired) electrons. The summed E-state index contributed by atoms with van der Waals surface area (Å²) in [7, 11) is 1.50. The minimum absolute atomic E-state index is 0.917. The second-order valence-corrected chi connectivity index (χ2v) is 4.29. The van der Waals surface area contributed by atoms with Crippen molar-refractivity contribution in [1.82, 2.24) is 0 Å². The molecule has 0 heterocycles. The van der Waals surface area contributed by atoms with Crippen LogP contribution in [0, 0.1) is 6.92 Å². The second-order valence-electron chi connectivity index (χ2n) is 2.56. The van der Waals surface area contributed by atoms with Gasteiger partial charge in [0.05, 0.1) is 0 Å². The Bertz CT molecular complexity index is 288. The van der Waals surface area contributed by atoms with Crippen LogP contribution >= 0.6 is 23.5 Å². The number of nitrogen functional groups attached to an aromatic ring is 1. The fraction of sp³-hybridized carbons (Fsp3) is 0.400. The van der Waals surface area contributed by atoms with Gasteiger partial charge < -0.3 is 11.5 Å². The Morgan fingerprint density at radius 3 is 2.07 bits per heavy atom. The number of hydrogen-bond donors (Lipinski definition) is 2. The highest BCUT2D eigenvalue weighted by Gasteiger charge is 2.02. The van der Waals surface area contributed by atoms with Crippen LogP contribution in [0.4, 0.5) is 5.69 Å². The van der Waals surface area contributed by atoms with E-state index in [1.807, 2.05) is 0 Å². The Morgan fingerprint density at radius 2 is 1.64 bits per heavy atom. The third-order valence-corrected chi connectivity index (χ3v) is 3.26. The van der Waals surface area contributed by atoms with Gasteiger partial charge in [0.1, 0.15) is 0 Å². The molecule has 4 N–H and O–H groups in total. The van der Waals surface area contributed by atoms with Crippen molar-refractivity contribution < 1.29 is 0 Å². The molecule has 0 aliphatic rings. The van der Waals surface area contributed by atoms with Crippen molar-refractivity contribution in [3.05, 3.63) is 17.7 Å². The molecule has 80 valence electrons. The minimum Gasteiger partial charge on any atom is -0.398 e. The van der Waals surface area contributed by atoms with E-state index < -0.39 is 0 Å². The average molecular weight is 230 g/mol. The monoisotopic (exact) mass is 230 g/mol. The quantitative estimate of drug-likeness (QED) is 0.606. The summed E-state index contributed by atoms with van der Waals surface area (Å²) in [5, 5.41) is 0. The molecular formula is C10H18N2S2. The van der Waals surface area contributed by atoms with Crippen LogP contribution in [0.25, 0.3) is 0 Å². The lowest BCUT2D eigenvalue weighted by molar-refractivity contribution is 1.28. The van der Waals surface area contributed by atoms with Gasteiger partial charge in [-0.25, -0.2) is 0 Å². The maximum Gasteiger partial charge on any atom is 0.0482 e. The molecule has 0 unspecified atom stereocenters. The summed E-state index contributed by atoms with van der Waals surface area (Å²) < 4.78 is 0. The van der Waals surface area contributed by atoms with Gasteiger partial charge in [-0.3, -0.25) is 0 Å². The third-order valence-electron chi connectivity index (χ3n) is 1.78. The number of thioether (sulfide) groups is 2. The van der Waals surface area contributed by atoms with Crippen LogP contribution in [0.1, 0.15) is 5.56 Å². The molecule has 0 atom stereocenters. The number of anilines is 1. The molecule has 0 amide bonds. The molecule has 14 heavy (non-hydrogen) atoms. The summed E-state index contributed by atoms with van der Waals surface area (Å²) in [4.78, 5) is 2.46. The van der Waals surface area contributed by atoms with Crippen molar-refractivity contribution in [2.24, 2.45) is 5.73 Å². The van der Waals surface area contributed by atoms with Crippen LogP contribution in [0.2, 0.25) is 0 Å². The molecule has 0 aromatic heterocycles. The third kappa shape index (κ3) is 3.44. The first-order valence-corrected chi connectivity index (χ1v) is 6.69. The molecule has 0 fully saturated rings. The zero-order valence-electron chi connectivity index (χ0n) is 9.13. The van der Waals surface area contributed by atoms with E-state index in [4.69, 9.17) is 5.73 Å². The Kier molecular flexibility index (Phi) is 6.87. The molecule has 0 aliphatic carbocycles. The second kappa shape index (κ2) is 7.04. The zero-order valence-corrected chi connectivity index (χ0v) is 10.8. The molecule has 0 aliphatic heterocycles. The smallest absolute Gasteiger partial charge is 0.0482 e. The molecule has 1 rings (SSSR count). The van der Waals surface area contributed by atoms with Crippen molar-refractivity contribution in [2.75, 3.05) is 25.3 Å². The predicted octanol–water partition coefficient (Wildman–Crippen LogP) is 2.60. The topological polar surface area (TPSA) is 52.0 Å². The van der Waals surface area contributed by atoms with Crippen LogP contribution in [0.3, 0.4) is 0 Å². The normalized spacial score (nSPS) is 9.21. The molecule has 1 aromatic carbocycles. The standard InChI is InChI=1S/C9H13NS2.CH5N/c1-6-4-7(11-2)5-8(12-3)9(6)10;1-2/h4-5H,10H2,1-3H3;2H2,1H3. The van der Waals surface area contributed by atoms with E-state index in [2.05, 4.69) is 37.3 Å². The van der Waals surface area contributed by atoms with E-state index >= 15 is 0 Å². The minimum atomic E-state index is 0.917. The van der Waals surface area contributed by atoms with Crippen molar-refractivity contribution >= 4 is 29.2 Å². The summed E-state index contributed by atoms with van der Waals surface area (Å²) in [5.41, 5.74) is 12.5. The van der Waals surface area contributed by atoms with Crippen molar-refractivity contribution in [1.29, 1.82) is 0 Å². The summed E-state index contributed by atoms with van der Waals surface area (Å²) >= 11 is 3.45. The highest BCUT2D eigenvalue weighted by Crippen LogP contribution is 2.30. The number of nitrogens with two attached hydrogens (primary N) is 2. The van der Waals surface area contributed by atoms with Gasteiger partial charge in [-0.2, -0.15) is 0 Å². The molecule has 0 saturated heterocycles. The van der Waals surface area contributed by atoms with Gasteiger partial charge in [-0.15, -0.1) is 23.5 Å². The van der Waals surface area contributed by atoms with Gasteiger partial charge in [0.25, 0.3) is 0 Å². The van der Waals surface area contributed by atoms with Crippen molar-refractivity contribution in [3.63, 3.8) is 0 Å². The van der Waals surface area contributed by atoms with Crippen molar-refractivity contribution in [3.8, 4) is 0 Å². The van der Waals surface area contributed by atoms with Crippen LogP contribution in [-0.2, 0) is 0 Å². The molecule has 0 bridgehead atoms. The number of benzene rings is 1. The van der Waals surface area contributed by atoms with Crippen molar-refractivity contribution in [2.45, 2.75) is 16.7 Å². The van der Waals surface area contributed by atoms with E-state index in [1.54, 1.807) is 23.5 Å². The lowest BCUT2D eigenvalue weighted by Crippen LogP contribution is -1.92. The summed E-state index contributed by atoms with van der Waals surface area (Å²) in [6.07, 6.45) is 4.13.